The molecule has 0 aliphatic carbocycles. The molecule has 6 nitrogen and oxygen atoms in total. The minimum atomic E-state index is -4.44. The maximum absolute atomic E-state index is 12.7. The van der Waals surface area contributed by atoms with E-state index in [-0.39, 0.29) is 23.9 Å². The summed E-state index contributed by atoms with van der Waals surface area (Å²) in [4.78, 5) is 28.2. The van der Waals surface area contributed by atoms with Gasteiger partial charge in [0.05, 0.1) is 18.3 Å². The highest BCUT2D eigenvalue weighted by Crippen LogP contribution is 2.29. The van der Waals surface area contributed by atoms with Gasteiger partial charge >= 0.3 is 6.18 Å². The van der Waals surface area contributed by atoms with Crippen molar-refractivity contribution in [3.05, 3.63) is 83.4 Å². The predicted octanol–water partition coefficient (Wildman–Crippen LogP) is 3.34. The third kappa shape index (κ3) is 7.01. The zero-order chi connectivity index (χ0) is 23.8. The van der Waals surface area contributed by atoms with E-state index >= 15 is 0 Å². The van der Waals surface area contributed by atoms with Crippen molar-refractivity contribution in [2.75, 3.05) is 32.7 Å². The van der Waals surface area contributed by atoms with Gasteiger partial charge in [-0.2, -0.15) is 18.3 Å². The fraction of sp³-hybridized carbons (Fsp3) is 0.292. The number of carbonyl (C=O) groups is 2. The fourth-order valence-electron chi connectivity index (χ4n) is 3.48. The Labute approximate surface area is 190 Å². The molecule has 1 aliphatic rings. The molecule has 0 bridgehead atoms. The average molecular weight is 458 g/mol. The smallest absolute Gasteiger partial charge is 0.336 e. The minimum absolute atomic E-state index is 0.135. The normalized spacial score (nSPS) is 14.9. The summed E-state index contributed by atoms with van der Waals surface area (Å²) in [5, 5.41) is 3.99. The molecule has 0 unspecified atom stereocenters. The van der Waals surface area contributed by atoms with Crippen LogP contribution in [0.25, 0.3) is 0 Å². The molecule has 9 heteroatoms. The molecule has 1 aliphatic heterocycles. The Morgan fingerprint density at radius 1 is 1.06 bits per heavy atom. The highest BCUT2D eigenvalue weighted by molar-refractivity contribution is 5.94. The van der Waals surface area contributed by atoms with Crippen LogP contribution in [-0.4, -0.2) is 60.6 Å². The second kappa shape index (κ2) is 10.9. The van der Waals surface area contributed by atoms with Gasteiger partial charge in [-0.3, -0.25) is 14.5 Å². The molecule has 1 N–H and O–H groups in total. The number of piperazine rings is 1. The maximum atomic E-state index is 12.7. The number of nitrogens with zero attached hydrogens (tertiary/aromatic N) is 3. The molecule has 1 fully saturated rings. The van der Waals surface area contributed by atoms with Crippen LogP contribution in [0.1, 0.15) is 27.0 Å². The van der Waals surface area contributed by atoms with Gasteiger partial charge in [0.1, 0.15) is 0 Å². The van der Waals surface area contributed by atoms with Gasteiger partial charge in [0.25, 0.3) is 11.8 Å². The number of benzene rings is 2. The van der Waals surface area contributed by atoms with Crippen molar-refractivity contribution in [3.8, 4) is 0 Å². The quantitative estimate of drug-likeness (QED) is 0.393. The van der Waals surface area contributed by atoms with Crippen molar-refractivity contribution in [1.82, 2.24) is 15.2 Å². The van der Waals surface area contributed by atoms with Crippen LogP contribution in [0.4, 0.5) is 13.2 Å². The summed E-state index contributed by atoms with van der Waals surface area (Å²) in [5.74, 6) is -0.591. The fourth-order valence-corrected chi connectivity index (χ4v) is 3.48. The van der Waals surface area contributed by atoms with Gasteiger partial charge in [-0.1, -0.05) is 24.3 Å². The lowest BCUT2D eigenvalue weighted by molar-refractivity contribution is -0.137. The lowest BCUT2D eigenvalue weighted by Crippen LogP contribution is -2.50. The van der Waals surface area contributed by atoms with E-state index in [1.807, 2.05) is 35.2 Å². The molecule has 174 valence electrons. The van der Waals surface area contributed by atoms with Gasteiger partial charge in [0.15, 0.2) is 0 Å². The summed E-state index contributed by atoms with van der Waals surface area (Å²) >= 11 is 0. The molecule has 33 heavy (non-hydrogen) atoms. The van der Waals surface area contributed by atoms with E-state index in [1.54, 1.807) is 11.1 Å². The summed E-state index contributed by atoms with van der Waals surface area (Å²) in [6.07, 6.45) is -0.297. The molecule has 0 atom stereocenters. The van der Waals surface area contributed by atoms with Gasteiger partial charge in [-0.25, -0.2) is 5.43 Å². The molecule has 0 aromatic heterocycles. The first-order valence-corrected chi connectivity index (χ1v) is 10.5. The summed E-state index contributed by atoms with van der Waals surface area (Å²) in [6.45, 7) is 5.57. The number of hydrogen-bond donors (Lipinski definition) is 1. The SMILES string of the molecule is C=CCc1cccc(/C=N/NC(=O)CN2CCN(C(=O)c3ccc(C(F)(F)F)cc3)CC2)c1. The van der Waals surface area contributed by atoms with Crippen LogP contribution < -0.4 is 5.43 Å². The Bertz CT molecular complexity index is 1010. The molecule has 2 aromatic carbocycles. The number of hydrazone groups is 1. The molecule has 3 rings (SSSR count). The van der Waals surface area contributed by atoms with Gasteiger partial charge < -0.3 is 4.90 Å². The van der Waals surface area contributed by atoms with E-state index in [2.05, 4.69) is 17.1 Å². The van der Waals surface area contributed by atoms with E-state index < -0.39 is 11.7 Å². The van der Waals surface area contributed by atoms with Crippen LogP contribution in [0.2, 0.25) is 0 Å². The first-order chi connectivity index (χ1) is 15.8. The summed E-state index contributed by atoms with van der Waals surface area (Å²) in [6, 6.07) is 11.9. The summed E-state index contributed by atoms with van der Waals surface area (Å²) in [5.41, 5.74) is 3.89. The number of nitrogens with one attached hydrogen (secondary N) is 1. The monoisotopic (exact) mass is 458 g/mol. The Kier molecular flexibility index (Phi) is 8.00. The third-order valence-electron chi connectivity index (χ3n) is 5.22. The second-order valence-corrected chi connectivity index (χ2v) is 7.67. The zero-order valence-corrected chi connectivity index (χ0v) is 18.0. The largest absolute Gasteiger partial charge is 0.416 e. The Balaban J connectivity index is 1.44. The topological polar surface area (TPSA) is 65.0 Å². The second-order valence-electron chi connectivity index (χ2n) is 7.67. The van der Waals surface area contributed by atoms with Gasteiger partial charge in [-0.05, 0) is 47.9 Å². The van der Waals surface area contributed by atoms with E-state index in [1.165, 1.54) is 12.1 Å². The molecule has 2 aromatic rings. The lowest BCUT2D eigenvalue weighted by Gasteiger charge is -2.34. The average Bonchev–Trinajstić information content (AvgIpc) is 2.79. The molecular formula is C24H25F3N4O2. The number of rotatable bonds is 7. The van der Waals surface area contributed by atoms with Crippen molar-refractivity contribution >= 4 is 18.0 Å². The Morgan fingerprint density at radius 2 is 1.76 bits per heavy atom. The number of carbonyl (C=O) groups excluding carboxylic acids is 2. The minimum Gasteiger partial charge on any atom is -0.336 e. The van der Waals surface area contributed by atoms with Gasteiger partial charge in [-0.15, -0.1) is 6.58 Å². The van der Waals surface area contributed by atoms with Crippen molar-refractivity contribution in [2.45, 2.75) is 12.6 Å². The Hall–Kier alpha value is -3.46. The zero-order valence-electron chi connectivity index (χ0n) is 18.0. The highest BCUT2D eigenvalue weighted by atomic mass is 19.4. The number of alkyl halides is 3. The summed E-state index contributed by atoms with van der Waals surface area (Å²) < 4.78 is 38.1. The maximum Gasteiger partial charge on any atom is 0.416 e. The molecule has 1 saturated heterocycles. The number of hydrogen-bond acceptors (Lipinski definition) is 4. The van der Waals surface area contributed by atoms with Crippen LogP contribution in [0.5, 0.6) is 0 Å². The summed E-state index contributed by atoms with van der Waals surface area (Å²) in [7, 11) is 0. The third-order valence-corrected chi connectivity index (χ3v) is 5.22. The van der Waals surface area contributed by atoms with Crippen molar-refractivity contribution in [1.29, 1.82) is 0 Å². The van der Waals surface area contributed by atoms with Crippen LogP contribution in [0.3, 0.4) is 0 Å². The Morgan fingerprint density at radius 3 is 2.39 bits per heavy atom. The van der Waals surface area contributed by atoms with Crippen LogP contribution in [-0.2, 0) is 17.4 Å². The van der Waals surface area contributed by atoms with Crippen molar-refractivity contribution in [3.63, 3.8) is 0 Å². The molecule has 2 amide bonds. The van der Waals surface area contributed by atoms with E-state index in [4.69, 9.17) is 0 Å². The van der Waals surface area contributed by atoms with Crippen LogP contribution in [0.15, 0.2) is 66.3 Å². The van der Waals surface area contributed by atoms with Gasteiger partial charge in [0.2, 0.25) is 0 Å². The molecule has 1 heterocycles. The molecular weight excluding hydrogens is 433 g/mol. The van der Waals surface area contributed by atoms with Gasteiger partial charge in [0, 0.05) is 31.7 Å². The molecule has 0 spiro atoms. The van der Waals surface area contributed by atoms with Crippen LogP contribution >= 0.6 is 0 Å². The van der Waals surface area contributed by atoms with E-state index in [0.717, 1.165) is 29.7 Å². The van der Waals surface area contributed by atoms with E-state index in [0.29, 0.717) is 26.2 Å². The molecule has 0 radical (unpaired) electrons. The predicted molar refractivity (Wildman–Crippen MR) is 120 cm³/mol. The first kappa shape index (κ1) is 24.2. The van der Waals surface area contributed by atoms with Crippen molar-refractivity contribution in [2.24, 2.45) is 5.10 Å². The van der Waals surface area contributed by atoms with Crippen molar-refractivity contribution < 1.29 is 22.8 Å². The standard InChI is InChI=1S/C24H25F3N4O2/c1-2-4-18-5-3-6-19(15-18)16-28-29-22(32)17-30-11-13-31(14-12-30)23(33)20-7-9-21(10-8-20)24(25,26)27/h2-3,5-10,15-16H,1,4,11-14,17H2,(H,29,32)/b28-16+. The first-order valence-electron chi connectivity index (χ1n) is 10.5. The molecule has 0 saturated carbocycles. The number of halogens is 3. The lowest BCUT2D eigenvalue weighted by atomic mass is 10.1. The van der Waals surface area contributed by atoms with E-state index in [9.17, 15) is 22.8 Å². The number of amides is 2. The van der Waals surface area contributed by atoms with Crippen LogP contribution in [0, 0.1) is 0 Å². The number of allylic oxidation sites excluding steroid dienone is 1. The highest BCUT2D eigenvalue weighted by Gasteiger charge is 2.30.